The zero-order valence-corrected chi connectivity index (χ0v) is 16.5. The molecular weight excluding hydrogens is 364 g/mol. The second-order valence-corrected chi connectivity index (χ2v) is 8.13. The number of carbonyl (C=O) groups is 1. The quantitative estimate of drug-likeness (QED) is 0.619. The largest absolute Gasteiger partial charge is 0.482 e. The van der Waals surface area contributed by atoms with Crippen LogP contribution in [-0.4, -0.2) is 49.8 Å². The number of halogens is 3. The smallest absolute Gasteiger partial charge is 0.449 e. The molecule has 0 aliphatic carbocycles. The monoisotopic (exact) mass is 389 g/mol. The summed E-state index contributed by atoms with van der Waals surface area (Å²) in [7, 11) is 0. The summed E-state index contributed by atoms with van der Waals surface area (Å²) in [5.74, 6) is 0. The Morgan fingerprint density at radius 3 is 2.27 bits per heavy atom. The van der Waals surface area contributed by atoms with Gasteiger partial charge in [0.05, 0.1) is 0 Å². The van der Waals surface area contributed by atoms with Gasteiger partial charge in [0.15, 0.2) is 0 Å². The van der Waals surface area contributed by atoms with E-state index in [1.165, 1.54) is 6.07 Å². The van der Waals surface area contributed by atoms with E-state index in [1.54, 1.807) is 17.9 Å². The van der Waals surface area contributed by atoms with Crippen LogP contribution in [0, 0.1) is 6.92 Å². The van der Waals surface area contributed by atoms with Gasteiger partial charge in [-0.05, 0) is 45.4 Å². The van der Waals surface area contributed by atoms with Crippen LogP contribution >= 0.6 is 12.6 Å². The number of hydrogen-bond acceptors (Lipinski definition) is 4. The van der Waals surface area contributed by atoms with Crippen LogP contribution < -0.4 is 4.90 Å². The van der Waals surface area contributed by atoms with Crippen molar-refractivity contribution in [1.29, 1.82) is 0 Å². The summed E-state index contributed by atoms with van der Waals surface area (Å²) in [6, 6.07) is 3.27. The number of benzene rings is 1. The van der Waals surface area contributed by atoms with Crippen molar-refractivity contribution in [3.8, 4) is 0 Å². The van der Waals surface area contributed by atoms with Gasteiger partial charge in [0.1, 0.15) is 5.60 Å². The van der Waals surface area contributed by atoms with Gasteiger partial charge in [0.25, 0.3) is 0 Å². The Bertz CT molecular complexity index is 669. The lowest BCUT2D eigenvalue weighted by Crippen LogP contribution is -2.50. The topological polar surface area (TPSA) is 32.8 Å². The zero-order valence-electron chi connectivity index (χ0n) is 15.6. The molecule has 0 radical (unpaired) electrons. The molecule has 1 amide bonds. The molecule has 146 valence electrons. The van der Waals surface area contributed by atoms with Crippen molar-refractivity contribution in [3.05, 3.63) is 23.3 Å². The molecule has 2 rings (SSSR count). The molecule has 9 heteroatoms. The minimum absolute atomic E-state index is 0.259. The normalized spacial score (nSPS) is 16.0. The second-order valence-electron chi connectivity index (χ2n) is 7.62. The van der Waals surface area contributed by atoms with Crippen molar-refractivity contribution in [2.75, 3.05) is 31.1 Å². The standard InChI is InChI=1S/C17H25BF3N2O2S/c1-12-13(11-18(19,20)21)9-14(26)10-15(12)22-5-7-23(8-6-22)16(24)25-17(2,3)4/h9-10,26H,5-8,11H2,1-4H3/q-1. The van der Waals surface area contributed by atoms with Crippen molar-refractivity contribution in [1.82, 2.24) is 4.90 Å². The Hall–Kier alpha value is -1.51. The number of rotatable bonds is 3. The Morgan fingerprint density at radius 2 is 1.77 bits per heavy atom. The maximum Gasteiger partial charge on any atom is 0.482 e. The van der Waals surface area contributed by atoms with E-state index in [2.05, 4.69) is 12.6 Å². The number of piperazine rings is 1. The average molecular weight is 389 g/mol. The summed E-state index contributed by atoms with van der Waals surface area (Å²) in [5.41, 5.74) is 1.07. The number of hydrogen-bond donors (Lipinski definition) is 1. The fraction of sp³-hybridized carbons (Fsp3) is 0.588. The highest BCUT2D eigenvalue weighted by Gasteiger charge is 2.28. The number of carbonyl (C=O) groups excluding carboxylic acids is 1. The molecule has 1 aliphatic rings. The Labute approximate surface area is 158 Å². The summed E-state index contributed by atoms with van der Waals surface area (Å²) in [4.78, 5) is 16.3. The fourth-order valence-electron chi connectivity index (χ4n) is 2.99. The minimum Gasteiger partial charge on any atom is -0.449 e. The lowest BCUT2D eigenvalue weighted by molar-refractivity contribution is 0.0240. The number of nitrogens with zero attached hydrogens (tertiary/aromatic N) is 2. The number of anilines is 1. The predicted octanol–water partition coefficient (Wildman–Crippen LogP) is 4.27. The van der Waals surface area contributed by atoms with Crippen LogP contribution in [0.4, 0.5) is 23.4 Å². The van der Waals surface area contributed by atoms with Gasteiger partial charge in [-0.1, -0.05) is 11.9 Å². The first-order valence-corrected chi connectivity index (χ1v) is 9.07. The van der Waals surface area contributed by atoms with E-state index in [9.17, 15) is 17.7 Å². The van der Waals surface area contributed by atoms with E-state index in [1.807, 2.05) is 25.7 Å². The molecule has 1 fully saturated rings. The van der Waals surface area contributed by atoms with E-state index in [4.69, 9.17) is 4.74 Å². The number of ether oxygens (including phenoxy) is 1. The van der Waals surface area contributed by atoms with Crippen LogP contribution in [0.1, 0.15) is 31.9 Å². The van der Waals surface area contributed by atoms with Crippen LogP contribution in [0.2, 0.25) is 0 Å². The third kappa shape index (κ3) is 5.76. The summed E-state index contributed by atoms with van der Waals surface area (Å²) in [6.45, 7) is 4.23. The predicted molar refractivity (Wildman–Crippen MR) is 101 cm³/mol. The van der Waals surface area contributed by atoms with Crippen LogP contribution in [0.25, 0.3) is 0 Å². The molecule has 1 aromatic rings. The van der Waals surface area contributed by atoms with Crippen LogP contribution in [-0.2, 0) is 11.1 Å². The molecule has 1 aliphatic heterocycles. The molecule has 0 saturated carbocycles. The van der Waals surface area contributed by atoms with E-state index in [0.29, 0.717) is 36.6 Å². The summed E-state index contributed by atoms with van der Waals surface area (Å²) >= 11 is 4.27. The van der Waals surface area contributed by atoms with E-state index in [-0.39, 0.29) is 11.7 Å². The highest BCUT2D eigenvalue weighted by Crippen LogP contribution is 2.31. The third-order valence-electron chi connectivity index (χ3n) is 4.20. The zero-order chi connectivity index (χ0) is 19.7. The maximum absolute atomic E-state index is 12.9. The van der Waals surface area contributed by atoms with Crippen molar-refractivity contribution >= 4 is 31.4 Å². The molecule has 1 aromatic carbocycles. The van der Waals surface area contributed by atoms with Crippen LogP contribution in [0.15, 0.2) is 17.0 Å². The first kappa shape index (κ1) is 20.8. The second kappa shape index (κ2) is 7.62. The fourth-order valence-corrected chi connectivity index (χ4v) is 3.27. The highest BCUT2D eigenvalue weighted by atomic mass is 32.1. The highest BCUT2D eigenvalue weighted by molar-refractivity contribution is 7.80. The van der Waals surface area contributed by atoms with E-state index in [0.717, 1.165) is 5.69 Å². The summed E-state index contributed by atoms with van der Waals surface area (Å²) in [5, 5.41) is 0. The van der Waals surface area contributed by atoms with Crippen molar-refractivity contribution in [3.63, 3.8) is 0 Å². The first-order chi connectivity index (χ1) is 11.9. The van der Waals surface area contributed by atoms with Gasteiger partial charge in [-0.25, -0.2) is 4.79 Å². The minimum atomic E-state index is -4.91. The van der Waals surface area contributed by atoms with Gasteiger partial charge in [0.2, 0.25) is 0 Å². The number of amides is 1. The molecule has 1 saturated heterocycles. The Kier molecular flexibility index (Phi) is 6.10. The molecule has 26 heavy (non-hydrogen) atoms. The summed E-state index contributed by atoms with van der Waals surface area (Å²) in [6.07, 6.45) is -1.28. The van der Waals surface area contributed by atoms with Gasteiger partial charge < -0.3 is 27.5 Å². The third-order valence-corrected chi connectivity index (χ3v) is 4.45. The van der Waals surface area contributed by atoms with Crippen molar-refractivity contribution in [2.24, 2.45) is 0 Å². The van der Waals surface area contributed by atoms with Crippen LogP contribution in [0.5, 0.6) is 0 Å². The molecule has 4 nitrogen and oxygen atoms in total. The molecule has 0 atom stereocenters. The first-order valence-electron chi connectivity index (χ1n) is 8.62. The van der Waals surface area contributed by atoms with E-state index >= 15 is 0 Å². The molecule has 0 spiro atoms. The van der Waals surface area contributed by atoms with Gasteiger partial charge in [-0.2, -0.15) is 0 Å². The van der Waals surface area contributed by atoms with Crippen molar-refractivity contribution < 1.29 is 22.5 Å². The molecule has 0 bridgehead atoms. The van der Waals surface area contributed by atoms with Crippen molar-refractivity contribution in [2.45, 2.75) is 44.5 Å². The molecule has 0 aromatic heterocycles. The summed E-state index contributed by atoms with van der Waals surface area (Å²) < 4.78 is 44.0. The lowest BCUT2D eigenvalue weighted by atomic mass is 9.80. The van der Waals surface area contributed by atoms with Gasteiger partial charge >= 0.3 is 13.1 Å². The van der Waals surface area contributed by atoms with Gasteiger partial charge in [0, 0.05) is 36.8 Å². The van der Waals surface area contributed by atoms with Crippen LogP contribution in [0.3, 0.4) is 0 Å². The lowest BCUT2D eigenvalue weighted by Gasteiger charge is -2.38. The van der Waals surface area contributed by atoms with Gasteiger partial charge in [-0.15, -0.1) is 12.6 Å². The molecule has 0 N–H and O–H groups in total. The average Bonchev–Trinajstić information content (AvgIpc) is 2.47. The SMILES string of the molecule is Cc1c(C[B-](F)(F)F)cc(S)cc1N1CCN(C(=O)OC(C)(C)C)CC1. The van der Waals surface area contributed by atoms with E-state index < -0.39 is 18.9 Å². The molecule has 0 unspecified atom stereocenters. The molecule has 1 heterocycles. The molecular formula is C17H25BF3N2O2S-. The maximum atomic E-state index is 12.9. The number of thiol groups is 1. The van der Waals surface area contributed by atoms with Gasteiger partial charge in [-0.3, -0.25) is 0 Å². The Balaban J connectivity index is 2.11. The Morgan fingerprint density at radius 1 is 1.19 bits per heavy atom.